The summed E-state index contributed by atoms with van der Waals surface area (Å²) < 4.78 is 21.8. The third kappa shape index (κ3) is 4.64. The minimum atomic E-state index is -0.474. The zero-order valence-corrected chi connectivity index (χ0v) is 22.9. The van der Waals surface area contributed by atoms with Crippen LogP contribution in [-0.4, -0.2) is 43.4 Å². The molecule has 6 rings (SSSR count). The van der Waals surface area contributed by atoms with Crippen LogP contribution in [0.2, 0.25) is 0 Å². The number of amides is 1. The number of hydrogen-bond donors (Lipinski definition) is 1. The van der Waals surface area contributed by atoms with Gasteiger partial charge in [-0.25, -0.2) is 19.3 Å². The first kappa shape index (κ1) is 25.8. The molecule has 8 nitrogen and oxygen atoms in total. The maximum Gasteiger partial charge on any atom is 0.246 e. The third-order valence-electron chi connectivity index (χ3n) is 6.98. The Bertz CT molecular complexity index is 1710. The van der Waals surface area contributed by atoms with Crippen LogP contribution in [0.25, 0.3) is 32.6 Å². The number of carbonyl (C=O) groups excluding carboxylic acids is 1. The van der Waals surface area contributed by atoms with E-state index in [1.54, 1.807) is 40.9 Å². The van der Waals surface area contributed by atoms with Crippen molar-refractivity contribution >= 4 is 33.3 Å². The molecule has 2 N–H and O–H groups in total. The molecular formula is C30H27FN6O2S. The van der Waals surface area contributed by atoms with Crippen LogP contribution in [0.1, 0.15) is 36.6 Å². The molecule has 10 heteroatoms. The smallest absolute Gasteiger partial charge is 0.246 e. The van der Waals surface area contributed by atoms with E-state index in [0.29, 0.717) is 42.2 Å². The van der Waals surface area contributed by atoms with Gasteiger partial charge in [-0.1, -0.05) is 6.58 Å². The second kappa shape index (κ2) is 10.3. The lowest BCUT2D eigenvalue weighted by atomic mass is 9.91. The summed E-state index contributed by atoms with van der Waals surface area (Å²) >= 11 is 1.56. The number of fused-ring (bicyclic) bond motifs is 2. The van der Waals surface area contributed by atoms with Gasteiger partial charge in [0.15, 0.2) is 0 Å². The van der Waals surface area contributed by atoms with Gasteiger partial charge >= 0.3 is 0 Å². The van der Waals surface area contributed by atoms with Gasteiger partial charge in [-0.05, 0) is 49.1 Å². The summed E-state index contributed by atoms with van der Waals surface area (Å²) in [6.07, 6.45) is 9.97. The van der Waals surface area contributed by atoms with E-state index in [2.05, 4.69) is 16.5 Å². The van der Waals surface area contributed by atoms with Crippen LogP contribution in [0.3, 0.4) is 0 Å². The van der Waals surface area contributed by atoms with E-state index in [1.165, 1.54) is 12.2 Å². The van der Waals surface area contributed by atoms with Crippen LogP contribution in [0.4, 0.5) is 10.3 Å². The first-order valence-electron chi connectivity index (χ1n) is 13.0. The van der Waals surface area contributed by atoms with Crippen molar-refractivity contribution in [2.75, 3.05) is 12.3 Å². The van der Waals surface area contributed by atoms with Crippen LogP contribution < -0.4 is 5.73 Å². The second-order valence-electron chi connectivity index (χ2n) is 10.0. The molecule has 0 radical (unpaired) electrons. The summed E-state index contributed by atoms with van der Waals surface area (Å²) in [4.78, 5) is 32.4. The molecule has 0 saturated carbocycles. The number of carbonyl (C=O) groups is 1. The van der Waals surface area contributed by atoms with Crippen LogP contribution in [0, 0.1) is 0 Å². The molecule has 1 atom stereocenters. The highest BCUT2D eigenvalue weighted by molar-refractivity contribution is 7.17. The molecule has 0 saturated heterocycles. The number of aromatic nitrogens is 4. The highest BCUT2D eigenvalue weighted by atomic mass is 32.1. The Balaban J connectivity index is 1.58. The number of thiophene rings is 1. The molecule has 1 amide bonds. The number of hydrogen-bond acceptors (Lipinski definition) is 8. The minimum absolute atomic E-state index is 0.118. The largest absolute Gasteiger partial charge is 0.494 e. The molecule has 1 unspecified atom stereocenters. The SMILES string of the molecule is C=CC(=O)N1CCc2ncc(-c3nc(-c4cnc(N)nc4)c4ccsc4c3C3C=C(F)C=C3OC(C)C)cc2C1. The Kier molecular flexibility index (Phi) is 6.63. The van der Waals surface area contributed by atoms with Gasteiger partial charge in [0.25, 0.3) is 0 Å². The Labute approximate surface area is 234 Å². The molecule has 0 aromatic carbocycles. The molecular weight excluding hydrogens is 527 g/mol. The predicted molar refractivity (Wildman–Crippen MR) is 154 cm³/mol. The highest BCUT2D eigenvalue weighted by Crippen LogP contribution is 2.46. The van der Waals surface area contributed by atoms with E-state index in [0.717, 1.165) is 32.5 Å². The van der Waals surface area contributed by atoms with E-state index in [1.807, 2.05) is 31.4 Å². The van der Waals surface area contributed by atoms with Gasteiger partial charge in [-0.15, -0.1) is 11.3 Å². The molecule has 0 fully saturated rings. The minimum Gasteiger partial charge on any atom is -0.494 e. The number of nitrogens with zero attached hydrogens (tertiary/aromatic N) is 5. The van der Waals surface area contributed by atoms with Crippen molar-refractivity contribution in [2.45, 2.75) is 38.8 Å². The molecule has 40 heavy (non-hydrogen) atoms. The fraction of sp³-hybridized carbons (Fsp3) is 0.233. The van der Waals surface area contributed by atoms with Gasteiger partial charge < -0.3 is 15.4 Å². The number of allylic oxidation sites excluding steroid dienone is 3. The van der Waals surface area contributed by atoms with Crippen molar-refractivity contribution < 1.29 is 13.9 Å². The van der Waals surface area contributed by atoms with Crippen LogP contribution >= 0.6 is 11.3 Å². The first-order chi connectivity index (χ1) is 19.3. The average Bonchev–Trinajstić information content (AvgIpc) is 3.58. The van der Waals surface area contributed by atoms with Crippen molar-refractivity contribution in [2.24, 2.45) is 0 Å². The monoisotopic (exact) mass is 554 g/mol. The molecule has 4 aromatic rings. The molecule has 0 bridgehead atoms. The Hall–Kier alpha value is -4.44. The molecule has 0 spiro atoms. The zero-order chi connectivity index (χ0) is 28.0. The molecule has 5 heterocycles. The lowest BCUT2D eigenvalue weighted by Gasteiger charge is -2.28. The van der Waals surface area contributed by atoms with Gasteiger partial charge in [0.2, 0.25) is 11.9 Å². The third-order valence-corrected chi connectivity index (χ3v) is 7.93. The van der Waals surface area contributed by atoms with E-state index in [4.69, 9.17) is 20.4 Å². The molecule has 4 aromatic heterocycles. The number of ether oxygens (including phenoxy) is 1. The normalized spacial score (nSPS) is 16.6. The second-order valence-corrected chi connectivity index (χ2v) is 10.9. The molecule has 1 aliphatic carbocycles. The first-order valence-corrected chi connectivity index (χ1v) is 13.8. The van der Waals surface area contributed by atoms with Crippen LogP contribution in [-0.2, 0) is 22.5 Å². The lowest BCUT2D eigenvalue weighted by molar-refractivity contribution is -0.126. The number of nitrogen functional groups attached to an aromatic ring is 1. The van der Waals surface area contributed by atoms with E-state index >= 15 is 0 Å². The van der Waals surface area contributed by atoms with Crippen LogP contribution in [0.5, 0.6) is 0 Å². The van der Waals surface area contributed by atoms with Crippen molar-refractivity contribution in [1.82, 2.24) is 24.8 Å². The van der Waals surface area contributed by atoms with Crippen molar-refractivity contribution in [3.63, 3.8) is 0 Å². The number of halogens is 1. The zero-order valence-electron chi connectivity index (χ0n) is 22.1. The quantitative estimate of drug-likeness (QED) is 0.304. The fourth-order valence-corrected chi connectivity index (χ4v) is 6.21. The van der Waals surface area contributed by atoms with Gasteiger partial charge in [0.05, 0.1) is 23.4 Å². The van der Waals surface area contributed by atoms with Crippen molar-refractivity contribution in [3.05, 3.63) is 89.3 Å². The van der Waals surface area contributed by atoms with Gasteiger partial charge in [0, 0.05) is 76.6 Å². The fourth-order valence-electron chi connectivity index (χ4n) is 5.23. The number of nitrogens with two attached hydrogens (primary N) is 1. The number of rotatable bonds is 6. The number of pyridine rings is 2. The van der Waals surface area contributed by atoms with Gasteiger partial charge in [-0.2, -0.15) is 0 Å². The van der Waals surface area contributed by atoms with E-state index in [-0.39, 0.29) is 23.8 Å². The summed E-state index contributed by atoms with van der Waals surface area (Å²) in [6.45, 7) is 8.48. The summed E-state index contributed by atoms with van der Waals surface area (Å²) in [5.41, 5.74) is 11.3. The van der Waals surface area contributed by atoms with E-state index < -0.39 is 5.92 Å². The standard InChI is InChI=1S/C30H27FN6O2S/c1-4-25(38)37-7-5-23-18(15-37)9-17(12-33-23)28-26(22-10-20(31)11-24(22)39-16(2)3)29-21(6-8-40-29)27(36-28)19-13-34-30(32)35-14-19/h4,6,8-14,16,22H,1,5,7,15H2,2-3H3,(H2,32,34,35). The van der Waals surface area contributed by atoms with Gasteiger partial charge in [0.1, 0.15) is 11.6 Å². The van der Waals surface area contributed by atoms with Crippen LogP contribution in [0.15, 0.2) is 72.5 Å². The average molecular weight is 555 g/mol. The maximum atomic E-state index is 14.8. The van der Waals surface area contributed by atoms with E-state index in [9.17, 15) is 9.18 Å². The van der Waals surface area contributed by atoms with Crippen molar-refractivity contribution in [1.29, 1.82) is 0 Å². The summed E-state index contributed by atoms with van der Waals surface area (Å²) in [7, 11) is 0. The maximum absolute atomic E-state index is 14.8. The lowest BCUT2D eigenvalue weighted by Crippen LogP contribution is -2.35. The molecule has 202 valence electrons. The highest BCUT2D eigenvalue weighted by Gasteiger charge is 2.31. The topological polar surface area (TPSA) is 107 Å². The summed E-state index contributed by atoms with van der Waals surface area (Å²) in [5, 5.41) is 2.89. The Morgan fingerprint density at radius 3 is 2.75 bits per heavy atom. The molecule has 2 aliphatic rings. The summed E-state index contributed by atoms with van der Waals surface area (Å²) in [5.74, 6) is -0.242. The van der Waals surface area contributed by atoms with Crippen molar-refractivity contribution in [3.8, 4) is 22.5 Å². The Morgan fingerprint density at radius 2 is 2.00 bits per heavy atom. The predicted octanol–water partition coefficient (Wildman–Crippen LogP) is 5.73. The molecule has 1 aliphatic heterocycles. The van der Waals surface area contributed by atoms with Gasteiger partial charge in [-0.3, -0.25) is 9.78 Å². The summed E-state index contributed by atoms with van der Waals surface area (Å²) in [6, 6.07) is 4.03. The number of anilines is 1. The Morgan fingerprint density at radius 1 is 1.23 bits per heavy atom.